The molecule has 2 unspecified atom stereocenters. The summed E-state index contributed by atoms with van der Waals surface area (Å²) < 4.78 is 0. The van der Waals surface area contributed by atoms with Gasteiger partial charge < -0.3 is 25.2 Å². The van der Waals surface area contributed by atoms with E-state index in [1.807, 2.05) is 87.4 Å². The average molecular weight is 588 g/mol. The number of Topliss-reactive ketones (excluding diaryl/α,β-unsaturated/α-hetero) is 1. The third kappa shape index (κ3) is 16.9. The van der Waals surface area contributed by atoms with Gasteiger partial charge in [0, 0.05) is 12.2 Å². The SMILES string of the molecule is C=O.CC(C)=O.Cc1cccc(C)c1NNCC(=O)N1CC(C)CC1C#N.Cc1ccccc1.O=CNc1ccccc1. The number of aryl methyl sites for hydroxylation is 3. The minimum Gasteiger partial charge on any atom is -0.329 e. The first kappa shape index (κ1) is 38.2. The minimum absolute atomic E-state index is 0.0374. The molecule has 1 saturated heterocycles. The predicted octanol–water partition coefficient (Wildman–Crippen LogP) is 5.64. The molecule has 3 aromatic rings. The van der Waals surface area contributed by atoms with Gasteiger partial charge >= 0.3 is 0 Å². The number of benzene rings is 3. The number of likely N-dealkylation sites (tertiary alicyclic amines) is 1. The molecule has 1 aliphatic rings. The van der Waals surface area contributed by atoms with Gasteiger partial charge in [0.1, 0.15) is 18.6 Å². The summed E-state index contributed by atoms with van der Waals surface area (Å²) in [6.45, 7) is 14.1. The number of amides is 2. The number of anilines is 2. The average Bonchev–Trinajstić information content (AvgIpc) is 3.38. The van der Waals surface area contributed by atoms with Crippen molar-refractivity contribution in [3.8, 4) is 6.07 Å². The van der Waals surface area contributed by atoms with E-state index in [0.717, 1.165) is 28.9 Å². The van der Waals surface area contributed by atoms with E-state index in [-0.39, 0.29) is 24.3 Å². The topological polar surface area (TPSA) is 131 Å². The highest BCUT2D eigenvalue weighted by Crippen LogP contribution is 2.22. The summed E-state index contributed by atoms with van der Waals surface area (Å²) in [6, 6.07) is 27.5. The normalized spacial score (nSPS) is 14.2. The maximum Gasteiger partial charge on any atom is 0.239 e. The monoisotopic (exact) mass is 587 g/mol. The highest BCUT2D eigenvalue weighted by molar-refractivity contribution is 5.79. The molecule has 2 amide bonds. The number of nitriles is 1. The van der Waals surface area contributed by atoms with Crippen LogP contribution in [-0.2, 0) is 19.2 Å². The Hall–Kier alpha value is -4.81. The molecule has 1 aliphatic heterocycles. The van der Waals surface area contributed by atoms with Gasteiger partial charge in [-0.15, -0.1) is 0 Å². The van der Waals surface area contributed by atoms with Crippen LogP contribution in [0.4, 0.5) is 11.4 Å². The Balaban J connectivity index is 0.000000655. The lowest BCUT2D eigenvalue weighted by Crippen LogP contribution is -2.42. The van der Waals surface area contributed by atoms with Crippen LogP contribution in [0, 0.1) is 38.0 Å². The van der Waals surface area contributed by atoms with Crippen molar-refractivity contribution < 1.29 is 19.2 Å². The van der Waals surface area contributed by atoms with Crippen LogP contribution in [0.5, 0.6) is 0 Å². The first-order valence-corrected chi connectivity index (χ1v) is 13.9. The van der Waals surface area contributed by atoms with Crippen molar-refractivity contribution in [2.24, 2.45) is 5.92 Å². The van der Waals surface area contributed by atoms with Crippen LogP contribution in [-0.4, -0.2) is 48.9 Å². The molecule has 0 bridgehead atoms. The Kier molecular flexibility index (Phi) is 20.3. The van der Waals surface area contributed by atoms with Crippen molar-refractivity contribution in [3.63, 3.8) is 0 Å². The van der Waals surface area contributed by atoms with Gasteiger partial charge in [-0.1, -0.05) is 79.2 Å². The fraction of sp³-hybridized carbons (Fsp3) is 0.324. The number of ketones is 1. The van der Waals surface area contributed by atoms with E-state index in [9.17, 15) is 14.4 Å². The van der Waals surface area contributed by atoms with Crippen LogP contribution < -0.4 is 16.2 Å². The molecule has 0 aliphatic carbocycles. The van der Waals surface area contributed by atoms with Gasteiger partial charge in [-0.3, -0.25) is 9.59 Å². The van der Waals surface area contributed by atoms with Gasteiger partial charge in [0.15, 0.2) is 0 Å². The van der Waals surface area contributed by atoms with Gasteiger partial charge in [0.2, 0.25) is 12.3 Å². The summed E-state index contributed by atoms with van der Waals surface area (Å²) in [5, 5.41) is 11.6. The summed E-state index contributed by atoms with van der Waals surface area (Å²) >= 11 is 0. The Morgan fingerprint density at radius 1 is 0.930 bits per heavy atom. The molecule has 0 saturated carbocycles. The maximum absolute atomic E-state index is 12.2. The zero-order valence-corrected chi connectivity index (χ0v) is 26.1. The number of rotatable bonds is 6. The molecule has 230 valence electrons. The largest absolute Gasteiger partial charge is 0.329 e. The third-order valence-corrected chi connectivity index (χ3v) is 5.85. The maximum atomic E-state index is 12.2. The van der Waals surface area contributed by atoms with Crippen LogP contribution in [0.1, 0.15) is 43.9 Å². The Morgan fingerprint density at radius 3 is 1.88 bits per heavy atom. The predicted molar refractivity (Wildman–Crippen MR) is 173 cm³/mol. The fourth-order valence-corrected chi connectivity index (χ4v) is 3.90. The number of carbonyl (C=O) groups excluding carboxylic acids is 4. The van der Waals surface area contributed by atoms with E-state index >= 15 is 0 Å². The van der Waals surface area contributed by atoms with Gasteiger partial charge in [0.05, 0.1) is 18.3 Å². The van der Waals surface area contributed by atoms with E-state index in [0.29, 0.717) is 18.9 Å². The van der Waals surface area contributed by atoms with E-state index in [4.69, 9.17) is 10.1 Å². The summed E-state index contributed by atoms with van der Waals surface area (Å²) in [4.78, 5) is 41.2. The molecule has 1 heterocycles. The van der Waals surface area contributed by atoms with Crippen LogP contribution in [0.15, 0.2) is 78.9 Å². The van der Waals surface area contributed by atoms with Crippen molar-refractivity contribution >= 4 is 36.3 Å². The van der Waals surface area contributed by atoms with Crippen molar-refractivity contribution in [1.29, 1.82) is 5.26 Å². The standard InChI is InChI=1S/C16H22N4O.C7H7NO.C7H8.C3H6O.CH2O/c1-11-7-14(8-17)20(10-11)15(21)9-18-19-16-12(2)5-4-6-13(16)3;9-6-8-7-4-2-1-3-5-7;1-7-5-3-2-4-6-7;1-3(2)4;1-2/h4-6,11,14,18-19H,7,9-10H2,1-3H3;1-6H,(H,8,9);2-6H,1H3;1-2H3;1H2. The zero-order chi connectivity index (χ0) is 32.6. The van der Waals surface area contributed by atoms with Gasteiger partial charge in [0.25, 0.3) is 0 Å². The summed E-state index contributed by atoms with van der Waals surface area (Å²) in [6.07, 6.45) is 1.43. The number of nitrogens with zero attached hydrogens (tertiary/aromatic N) is 2. The van der Waals surface area contributed by atoms with E-state index < -0.39 is 0 Å². The van der Waals surface area contributed by atoms with Crippen LogP contribution in [0.25, 0.3) is 0 Å². The molecule has 4 rings (SSSR count). The third-order valence-electron chi connectivity index (χ3n) is 5.85. The number of carbonyl (C=O) groups is 4. The van der Waals surface area contributed by atoms with Gasteiger partial charge in [-0.25, -0.2) is 5.43 Å². The van der Waals surface area contributed by atoms with Crippen LogP contribution >= 0.6 is 0 Å². The molecular weight excluding hydrogens is 542 g/mol. The minimum atomic E-state index is -0.283. The zero-order valence-electron chi connectivity index (χ0n) is 26.1. The number of para-hydroxylation sites is 2. The summed E-state index contributed by atoms with van der Waals surface area (Å²) in [7, 11) is 0. The summed E-state index contributed by atoms with van der Waals surface area (Å²) in [5.41, 5.74) is 11.5. The van der Waals surface area contributed by atoms with Crippen molar-refractivity contribution in [2.75, 3.05) is 23.8 Å². The smallest absolute Gasteiger partial charge is 0.239 e. The molecular formula is C34H45N5O4. The van der Waals surface area contributed by atoms with E-state index in [2.05, 4.69) is 48.2 Å². The fourth-order valence-electron chi connectivity index (χ4n) is 3.90. The number of hydrogen-bond donors (Lipinski definition) is 3. The molecule has 0 spiro atoms. The molecule has 43 heavy (non-hydrogen) atoms. The second-order valence-corrected chi connectivity index (χ2v) is 9.97. The highest BCUT2D eigenvalue weighted by atomic mass is 16.2. The number of hydrazine groups is 1. The second-order valence-electron chi connectivity index (χ2n) is 9.97. The Bertz CT molecular complexity index is 1240. The molecule has 3 aromatic carbocycles. The second kappa shape index (κ2) is 22.8. The lowest BCUT2D eigenvalue weighted by Gasteiger charge is -2.20. The Morgan fingerprint density at radius 2 is 1.44 bits per heavy atom. The Labute approximate surface area is 256 Å². The number of nitrogens with one attached hydrogen (secondary N) is 3. The molecule has 9 heteroatoms. The van der Waals surface area contributed by atoms with Crippen LogP contribution in [0.2, 0.25) is 0 Å². The molecule has 3 N–H and O–H groups in total. The molecule has 9 nitrogen and oxygen atoms in total. The quantitative estimate of drug-likeness (QED) is 0.251. The summed E-state index contributed by atoms with van der Waals surface area (Å²) in [5.74, 6) is 0.523. The number of hydrogen-bond acceptors (Lipinski definition) is 7. The first-order chi connectivity index (χ1) is 20.6. The van der Waals surface area contributed by atoms with Crippen molar-refractivity contribution in [1.82, 2.24) is 10.3 Å². The van der Waals surface area contributed by atoms with Gasteiger partial charge in [-0.05, 0) is 70.2 Å². The van der Waals surface area contributed by atoms with Crippen LogP contribution in [0.3, 0.4) is 0 Å². The lowest BCUT2D eigenvalue weighted by molar-refractivity contribution is -0.130. The molecule has 0 aromatic heterocycles. The first-order valence-electron chi connectivity index (χ1n) is 13.9. The van der Waals surface area contributed by atoms with E-state index in [1.165, 1.54) is 19.4 Å². The highest BCUT2D eigenvalue weighted by Gasteiger charge is 2.32. The van der Waals surface area contributed by atoms with E-state index in [1.54, 1.807) is 4.90 Å². The van der Waals surface area contributed by atoms with Crippen molar-refractivity contribution in [2.45, 2.75) is 54.0 Å². The molecule has 2 atom stereocenters. The molecule has 0 radical (unpaired) electrons. The van der Waals surface area contributed by atoms with Gasteiger partial charge in [-0.2, -0.15) is 5.26 Å². The van der Waals surface area contributed by atoms with Crippen molar-refractivity contribution in [3.05, 3.63) is 95.6 Å². The lowest BCUT2D eigenvalue weighted by atomic mass is 10.1. The molecule has 1 fully saturated rings.